The van der Waals surface area contributed by atoms with Crippen LogP contribution in [0.3, 0.4) is 0 Å². The summed E-state index contributed by atoms with van der Waals surface area (Å²) < 4.78 is 12.0. The van der Waals surface area contributed by atoms with Gasteiger partial charge in [-0.25, -0.2) is 4.79 Å². The van der Waals surface area contributed by atoms with Crippen molar-refractivity contribution in [2.24, 2.45) is 0 Å². The highest BCUT2D eigenvalue weighted by molar-refractivity contribution is 6.31. The number of methoxy groups -OCH3 is 1. The standard InChI is InChI=1S/C26H29ClN6O3/c1-35-11-12-36-25-30-23(28)22-24(31-25)33(26(34)29-22)16-20-14-19(7-8-21(20)27)18-6-4-5-17(13-18)15-32-9-2-3-10-32/h4-8,13-14H,2-3,9-12,15-16H2,1H3,(H,29,34)(H2,28,30,31). The summed E-state index contributed by atoms with van der Waals surface area (Å²) in [6, 6.07) is 14.5. The van der Waals surface area contributed by atoms with E-state index in [1.54, 1.807) is 7.11 Å². The molecule has 0 atom stereocenters. The third-order valence-corrected chi connectivity index (χ3v) is 6.76. The molecule has 1 aliphatic heterocycles. The van der Waals surface area contributed by atoms with Gasteiger partial charge < -0.3 is 20.2 Å². The highest BCUT2D eigenvalue weighted by atomic mass is 35.5. The first-order chi connectivity index (χ1) is 17.5. The number of H-pyrrole nitrogens is 1. The van der Waals surface area contributed by atoms with E-state index in [9.17, 15) is 4.79 Å². The van der Waals surface area contributed by atoms with E-state index >= 15 is 0 Å². The van der Waals surface area contributed by atoms with E-state index in [0.717, 1.165) is 36.3 Å². The van der Waals surface area contributed by atoms with Crippen molar-refractivity contribution < 1.29 is 9.47 Å². The van der Waals surface area contributed by atoms with Crippen molar-refractivity contribution in [3.05, 3.63) is 69.1 Å². The zero-order valence-electron chi connectivity index (χ0n) is 20.2. The molecule has 9 nitrogen and oxygen atoms in total. The first-order valence-corrected chi connectivity index (χ1v) is 12.4. The van der Waals surface area contributed by atoms with Crippen LogP contribution in [0.1, 0.15) is 24.0 Å². The van der Waals surface area contributed by atoms with E-state index in [1.807, 2.05) is 18.2 Å². The zero-order valence-corrected chi connectivity index (χ0v) is 20.9. The van der Waals surface area contributed by atoms with E-state index in [-0.39, 0.29) is 30.7 Å². The van der Waals surface area contributed by atoms with Crippen LogP contribution in [-0.2, 0) is 17.8 Å². The Morgan fingerprint density at radius 1 is 1.06 bits per heavy atom. The molecule has 0 radical (unpaired) electrons. The van der Waals surface area contributed by atoms with Crippen molar-refractivity contribution in [1.29, 1.82) is 0 Å². The molecular formula is C26H29ClN6O3. The maximum absolute atomic E-state index is 12.8. The number of nitrogens with zero attached hydrogens (tertiary/aromatic N) is 4. The highest BCUT2D eigenvalue weighted by Gasteiger charge is 2.17. The summed E-state index contributed by atoms with van der Waals surface area (Å²) in [5, 5.41) is 0.562. The lowest BCUT2D eigenvalue weighted by Gasteiger charge is -2.15. The van der Waals surface area contributed by atoms with Gasteiger partial charge in [0.1, 0.15) is 12.1 Å². The quantitative estimate of drug-likeness (QED) is 0.332. The second-order valence-corrected chi connectivity index (χ2v) is 9.34. The number of benzene rings is 2. The third-order valence-electron chi connectivity index (χ3n) is 6.39. The van der Waals surface area contributed by atoms with E-state index in [4.69, 9.17) is 26.8 Å². The topological polar surface area (TPSA) is 111 Å². The van der Waals surface area contributed by atoms with Gasteiger partial charge in [0, 0.05) is 18.7 Å². The predicted octanol–water partition coefficient (Wildman–Crippen LogP) is 3.69. The number of hydrogen-bond acceptors (Lipinski definition) is 7. The lowest BCUT2D eigenvalue weighted by molar-refractivity contribution is 0.141. The highest BCUT2D eigenvalue weighted by Crippen LogP contribution is 2.28. The van der Waals surface area contributed by atoms with Gasteiger partial charge in [0.2, 0.25) is 0 Å². The number of imidazole rings is 1. The summed E-state index contributed by atoms with van der Waals surface area (Å²) >= 11 is 6.57. The van der Waals surface area contributed by atoms with Crippen molar-refractivity contribution >= 4 is 28.6 Å². The Kier molecular flexibility index (Phi) is 7.22. The number of fused-ring (bicyclic) bond motifs is 1. The Balaban J connectivity index is 1.45. The molecule has 1 fully saturated rings. The van der Waals surface area contributed by atoms with Crippen LogP contribution >= 0.6 is 11.6 Å². The van der Waals surface area contributed by atoms with Crippen molar-refractivity contribution in [1.82, 2.24) is 24.4 Å². The summed E-state index contributed by atoms with van der Waals surface area (Å²) in [5.74, 6) is 0.137. The fourth-order valence-electron chi connectivity index (χ4n) is 4.55. The number of rotatable bonds is 9. The Bertz CT molecular complexity index is 1430. The summed E-state index contributed by atoms with van der Waals surface area (Å²) in [6.45, 7) is 4.12. The minimum absolute atomic E-state index is 0.0828. The van der Waals surface area contributed by atoms with Gasteiger partial charge in [-0.05, 0) is 66.4 Å². The fraction of sp³-hybridized carbons (Fsp3) is 0.346. The van der Waals surface area contributed by atoms with Crippen LogP contribution in [-0.4, -0.2) is 57.8 Å². The number of ether oxygens (including phenoxy) is 2. The molecule has 3 heterocycles. The lowest BCUT2D eigenvalue weighted by atomic mass is 10.0. The van der Waals surface area contributed by atoms with Crippen LogP contribution in [0.4, 0.5) is 5.82 Å². The van der Waals surface area contributed by atoms with Crippen LogP contribution < -0.4 is 16.2 Å². The number of anilines is 1. The number of aromatic amines is 1. The van der Waals surface area contributed by atoms with Crippen molar-refractivity contribution in [3.63, 3.8) is 0 Å². The Labute approximate surface area is 213 Å². The van der Waals surface area contributed by atoms with Crippen LogP contribution in [0.15, 0.2) is 47.3 Å². The molecule has 10 heteroatoms. The molecule has 5 rings (SSSR count). The first kappa shape index (κ1) is 24.3. The minimum Gasteiger partial charge on any atom is -0.461 e. The average Bonchev–Trinajstić information content (AvgIpc) is 3.49. The molecule has 0 spiro atoms. The van der Waals surface area contributed by atoms with E-state index in [0.29, 0.717) is 22.8 Å². The Morgan fingerprint density at radius 3 is 2.67 bits per heavy atom. The van der Waals surface area contributed by atoms with E-state index in [2.05, 4.69) is 44.1 Å². The molecule has 4 aromatic rings. The molecule has 36 heavy (non-hydrogen) atoms. The van der Waals surface area contributed by atoms with Crippen LogP contribution in [0, 0.1) is 0 Å². The van der Waals surface area contributed by atoms with Gasteiger partial charge in [-0.15, -0.1) is 0 Å². The Hall–Kier alpha value is -3.40. The Morgan fingerprint density at radius 2 is 1.86 bits per heavy atom. The molecule has 1 aliphatic rings. The van der Waals surface area contributed by atoms with Crippen molar-refractivity contribution in [2.75, 3.05) is 39.1 Å². The predicted molar refractivity (Wildman–Crippen MR) is 140 cm³/mol. The zero-order chi connectivity index (χ0) is 25.1. The summed E-state index contributed by atoms with van der Waals surface area (Å²) in [6.07, 6.45) is 2.54. The second kappa shape index (κ2) is 10.7. The summed E-state index contributed by atoms with van der Waals surface area (Å²) in [7, 11) is 1.58. The number of likely N-dealkylation sites (tertiary alicyclic amines) is 1. The second-order valence-electron chi connectivity index (χ2n) is 8.94. The van der Waals surface area contributed by atoms with Gasteiger partial charge in [0.25, 0.3) is 0 Å². The van der Waals surface area contributed by atoms with Gasteiger partial charge >= 0.3 is 11.7 Å². The molecule has 0 aliphatic carbocycles. The van der Waals surface area contributed by atoms with Crippen LogP contribution in [0.2, 0.25) is 5.02 Å². The molecule has 188 valence electrons. The molecule has 0 unspecified atom stereocenters. The molecule has 0 saturated carbocycles. The minimum atomic E-state index is -0.353. The van der Waals surface area contributed by atoms with Crippen molar-refractivity contribution in [2.45, 2.75) is 25.9 Å². The van der Waals surface area contributed by atoms with E-state index < -0.39 is 0 Å². The number of halogens is 1. The van der Waals surface area contributed by atoms with Crippen molar-refractivity contribution in [3.8, 4) is 17.1 Å². The normalized spacial score (nSPS) is 14.1. The largest absolute Gasteiger partial charge is 0.461 e. The molecule has 0 amide bonds. The number of nitrogens with two attached hydrogens (primary N) is 1. The summed E-state index contributed by atoms with van der Waals surface area (Å²) in [5.41, 5.74) is 10.6. The molecule has 2 aromatic carbocycles. The molecule has 0 bridgehead atoms. The monoisotopic (exact) mass is 508 g/mol. The average molecular weight is 509 g/mol. The number of nitrogens with one attached hydrogen (secondary N) is 1. The fourth-order valence-corrected chi connectivity index (χ4v) is 4.73. The smallest absolute Gasteiger partial charge is 0.328 e. The molecular weight excluding hydrogens is 480 g/mol. The van der Waals surface area contributed by atoms with Crippen LogP contribution in [0.5, 0.6) is 6.01 Å². The molecule has 1 saturated heterocycles. The number of aromatic nitrogens is 4. The van der Waals surface area contributed by atoms with Gasteiger partial charge in [0.15, 0.2) is 11.5 Å². The number of nitrogen functional groups attached to an aromatic ring is 1. The summed E-state index contributed by atoms with van der Waals surface area (Å²) in [4.78, 5) is 26.6. The van der Waals surface area contributed by atoms with Gasteiger partial charge in [0.05, 0.1) is 13.2 Å². The van der Waals surface area contributed by atoms with Gasteiger partial charge in [-0.2, -0.15) is 9.97 Å². The maximum Gasteiger partial charge on any atom is 0.328 e. The molecule has 2 aromatic heterocycles. The van der Waals surface area contributed by atoms with E-state index in [1.165, 1.54) is 23.0 Å². The van der Waals surface area contributed by atoms with Crippen LogP contribution in [0.25, 0.3) is 22.3 Å². The van der Waals surface area contributed by atoms with Gasteiger partial charge in [-0.3, -0.25) is 9.47 Å². The first-order valence-electron chi connectivity index (χ1n) is 12.0. The van der Waals surface area contributed by atoms with Gasteiger partial charge in [-0.1, -0.05) is 35.9 Å². The SMILES string of the molecule is COCCOc1nc(N)c2[nH]c(=O)n(Cc3cc(-c4cccc(CN5CCCC5)c4)ccc3Cl)c2n1. The number of hydrogen-bond donors (Lipinski definition) is 2. The maximum atomic E-state index is 12.8. The molecule has 3 N–H and O–H groups in total. The third kappa shape index (κ3) is 5.23. The lowest BCUT2D eigenvalue weighted by Crippen LogP contribution is -2.18.